The molecule has 0 atom stereocenters. The van der Waals surface area contributed by atoms with Crippen LogP contribution in [0.4, 0.5) is 0 Å². The maximum atomic E-state index is 12.0. The van der Waals surface area contributed by atoms with E-state index in [9.17, 15) is 5.53 Å². The van der Waals surface area contributed by atoms with Gasteiger partial charge in [-0.15, -0.1) is 0 Å². The molecule has 2 nitrogen and oxygen atoms in total. The third-order valence-corrected chi connectivity index (χ3v) is 9.55. The highest BCUT2D eigenvalue weighted by molar-refractivity contribution is 5.82. The Bertz CT molecular complexity index is 1310. The molecule has 0 bridgehead atoms. The van der Waals surface area contributed by atoms with E-state index in [1.165, 1.54) is 130 Å². The van der Waals surface area contributed by atoms with Crippen molar-refractivity contribution in [2.24, 2.45) is 0 Å². The fraction of sp³-hybridized carbons (Fsp3) is 0.600. The number of hydrogen-bond donors (Lipinski definition) is 0. The lowest BCUT2D eigenvalue weighted by molar-refractivity contribution is -0.344. The Morgan fingerprint density at radius 2 is 0.894 bits per heavy atom. The second kappa shape index (κ2) is 22.6. The summed E-state index contributed by atoms with van der Waals surface area (Å²) in [6, 6.07) is 14.0. The summed E-state index contributed by atoms with van der Waals surface area (Å²) < 4.78 is 1.47. The van der Waals surface area contributed by atoms with Crippen LogP contribution in [0.1, 0.15) is 184 Å². The van der Waals surface area contributed by atoms with Gasteiger partial charge in [0.15, 0.2) is 0 Å². The maximum absolute atomic E-state index is 12.0. The molecule has 0 amide bonds. The van der Waals surface area contributed by atoms with Gasteiger partial charge in [0, 0.05) is 23.6 Å². The number of aryl methyl sites for hydroxylation is 4. The second-order valence-electron chi connectivity index (χ2n) is 14.0. The molecule has 2 aromatic rings. The van der Waals surface area contributed by atoms with Gasteiger partial charge >= 0.3 is 0 Å². The molecule has 1 aliphatic heterocycles. The lowest BCUT2D eigenvalue weighted by Crippen LogP contribution is -2.05. The minimum Gasteiger partial charge on any atom is -0.493 e. The van der Waals surface area contributed by atoms with Gasteiger partial charge < -0.3 is 5.53 Å². The Balaban J connectivity index is 1.93. The zero-order valence-corrected chi connectivity index (χ0v) is 31.0. The number of allylic oxidation sites excluding steroid dienone is 2. The summed E-state index contributed by atoms with van der Waals surface area (Å²) in [6.45, 7) is 11.3. The van der Waals surface area contributed by atoms with Crippen molar-refractivity contribution in [3.8, 4) is 11.8 Å². The standard InChI is InChI=1S/C45H66N2/c1-6-11-16-17-18-19-20-21-22-23-24-29-41-36-44(42-32-37(25-12-7-2)30-38(33-42)26-13-8-3)47(46)45(41)43-34-39(27-14-9-4)31-40(35-43)28-15-10-5/h30-36H,6-23,25-28H2,1-5H3. The minimum atomic E-state index is 0.852. The van der Waals surface area contributed by atoms with Gasteiger partial charge in [-0.3, -0.25) is 0 Å². The van der Waals surface area contributed by atoms with Crippen LogP contribution in [-0.4, -0.2) is 4.70 Å². The number of nitrogens with zero attached hydrogens (tertiary/aromatic N) is 2. The van der Waals surface area contributed by atoms with Crippen LogP contribution in [0.25, 0.3) is 16.9 Å². The molecule has 0 spiro atoms. The van der Waals surface area contributed by atoms with Gasteiger partial charge in [0.1, 0.15) is 5.57 Å². The number of unbranched alkanes of at least 4 members (excludes halogenated alkanes) is 13. The van der Waals surface area contributed by atoms with Gasteiger partial charge in [-0.05, 0) is 104 Å². The van der Waals surface area contributed by atoms with Crippen molar-refractivity contribution >= 4 is 11.4 Å². The fourth-order valence-corrected chi connectivity index (χ4v) is 6.67. The Hall–Kier alpha value is -2.92. The van der Waals surface area contributed by atoms with Crippen molar-refractivity contribution in [2.75, 3.05) is 0 Å². The molecule has 0 saturated carbocycles. The average molecular weight is 635 g/mol. The normalized spacial score (nSPS) is 12.9. The minimum absolute atomic E-state index is 0.852. The van der Waals surface area contributed by atoms with E-state index < -0.39 is 0 Å². The van der Waals surface area contributed by atoms with E-state index in [0.717, 1.165) is 66.6 Å². The van der Waals surface area contributed by atoms with Crippen molar-refractivity contribution < 1.29 is 4.70 Å². The first kappa shape index (κ1) is 38.5. The Morgan fingerprint density at radius 3 is 1.34 bits per heavy atom. The first-order chi connectivity index (χ1) is 23.0. The first-order valence-electron chi connectivity index (χ1n) is 19.7. The van der Waals surface area contributed by atoms with Gasteiger partial charge in [-0.2, -0.15) is 0 Å². The monoisotopic (exact) mass is 635 g/mol. The van der Waals surface area contributed by atoms with Crippen LogP contribution in [0.3, 0.4) is 0 Å². The Labute approximate surface area is 290 Å². The van der Waals surface area contributed by atoms with Crippen molar-refractivity contribution in [3.05, 3.63) is 87.0 Å². The number of rotatable bonds is 23. The topological polar surface area (TPSA) is 25.3 Å². The summed E-state index contributed by atoms with van der Waals surface area (Å²) in [5.41, 5.74) is 22.4. The fourth-order valence-electron chi connectivity index (χ4n) is 6.67. The molecular formula is C45H66N2. The molecule has 3 rings (SSSR count). The summed E-state index contributed by atoms with van der Waals surface area (Å²) in [7, 11) is 0. The van der Waals surface area contributed by atoms with Gasteiger partial charge in [0.05, 0.1) is 0 Å². The Kier molecular flexibility index (Phi) is 18.5. The van der Waals surface area contributed by atoms with E-state index in [1.807, 2.05) is 0 Å². The highest BCUT2D eigenvalue weighted by Gasteiger charge is 2.29. The summed E-state index contributed by atoms with van der Waals surface area (Å²) in [5.74, 6) is 7.08. The molecule has 0 aromatic heterocycles. The van der Waals surface area contributed by atoms with Crippen LogP contribution < -0.4 is 0 Å². The van der Waals surface area contributed by atoms with Crippen molar-refractivity contribution in [1.82, 2.24) is 0 Å². The van der Waals surface area contributed by atoms with Crippen LogP contribution >= 0.6 is 0 Å². The van der Waals surface area contributed by atoms with Crippen LogP contribution in [0.2, 0.25) is 0 Å². The molecule has 256 valence electrons. The highest BCUT2D eigenvalue weighted by atomic mass is 15.2. The molecular weight excluding hydrogens is 569 g/mol. The van der Waals surface area contributed by atoms with E-state index >= 15 is 0 Å². The molecule has 1 heterocycles. The molecule has 0 fully saturated rings. The zero-order chi connectivity index (χ0) is 33.7. The summed E-state index contributed by atoms with van der Waals surface area (Å²) in [5, 5.41) is 0. The number of hydrogen-bond acceptors (Lipinski definition) is 0. The van der Waals surface area contributed by atoms with E-state index in [4.69, 9.17) is 0 Å². The highest BCUT2D eigenvalue weighted by Crippen LogP contribution is 2.37. The van der Waals surface area contributed by atoms with Gasteiger partial charge in [0.2, 0.25) is 11.4 Å². The van der Waals surface area contributed by atoms with Crippen molar-refractivity contribution in [2.45, 2.75) is 176 Å². The predicted molar refractivity (Wildman–Crippen MR) is 205 cm³/mol. The van der Waals surface area contributed by atoms with E-state index in [1.54, 1.807) is 0 Å². The zero-order valence-electron chi connectivity index (χ0n) is 31.0. The van der Waals surface area contributed by atoms with Gasteiger partial charge in [-0.25, -0.2) is 4.70 Å². The molecule has 0 radical (unpaired) electrons. The van der Waals surface area contributed by atoms with Crippen LogP contribution in [0, 0.1) is 11.8 Å². The van der Waals surface area contributed by atoms with E-state index in [-0.39, 0.29) is 0 Å². The quantitative estimate of drug-likeness (QED) is 0.0660. The average Bonchev–Trinajstić information content (AvgIpc) is 3.42. The molecule has 47 heavy (non-hydrogen) atoms. The molecule has 0 aliphatic carbocycles. The summed E-state index contributed by atoms with van der Waals surface area (Å²) in [6.07, 6.45) is 28.7. The van der Waals surface area contributed by atoms with Crippen LogP contribution in [0.5, 0.6) is 0 Å². The summed E-state index contributed by atoms with van der Waals surface area (Å²) in [4.78, 5) is 0. The predicted octanol–water partition coefficient (Wildman–Crippen LogP) is 13.8. The number of benzene rings is 2. The third kappa shape index (κ3) is 13.2. The lowest BCUT2D eigenvalue weighted by Gasteiger charge is -2.14. The van der Waals surface area contributed by atoms with Crippen molar-refractivity contribution in [3.63, 3.8) is 0 Å². The molecule has 1 aliphatic rings. The molecule has 0 N–H and O–H groups in total. The third-order valence-electron chi connectivity index (χ3n) is 9.55. The van der Waals surface area contributed by atoms with Gasteiger partial charge in [0.25, 0.3) is 0 Å². The summed E-state index contributed by atoms with van der Waals surface area (Å²) >= 11 is 0. The van der Waals surface area contributed by atoms with E-state index in [2.05, 4.69) is 88.9 Å². The maximum Gasteiger partial charge on any atom is 0.223 e. The lowest BCUT2D eigenvalue weighted by atomic mass is 9.96. The molecule has 2 heteroatoms. The Morgan fingerprint density at radius 1 is 0.489 bits per heavy atom. The second-order valence-corrected chi connectivity index (χ2v) is 14.0. The molecule has 2 aromatic carbocycles. The van der Waals surface area contributed by atoms with Crippen LogP contribution in [-0.2, 0) is 25.7 Å². The largest absolute Gasteiger partial charge is 0.493 e. The van der Waals surface area contributed by atoms with E-state index in [0.29, 0.717) is 0 Å². The first-order valence-corrected chi connectivity index (χ1v) is 19.7. The molecule has 0 unspecified atom stereocenters. The smallest absolute Gasteiger partial charge is 0.223 e. The van der Waals surface area contributed by atoms with Crippen LogP contribution in [0.15, 0.2) is 48.0 Å². The van der Waals surface area contributed by atoms with Crippen molar-refractivity contribution in [1.29, 1.82) is 0 Å². The van der Waals surface area contributed by atoms with Gasteiger partial charge in [-0.1, -0.05) is 136 Å². The SMILES string of the molecule is CCCCCCCCCCCC#CC1=C(c2cc(CCCC)cc(CCCC)c2)[N+](=[N-])C(c2cc(CCCC)cc(CCCC)c2)=C1. The molecule has 0 saturated heterocycles.